The van der Waals surface area contributed by atoms with Crippen LogP contribution in [-0.4, -0.2) is 19.3 Å². The van der Waals surface area contributed by atoms with Gasteiger partial charge in [0, 0.05) is 24.6 Å². The van der Waals surface area contributed by atoms with Gasteiger partial charge in [0.1, 0.15) is 0 Å². The highest BCUT2D eigenvalue weighted by molar-refractivity contribution is 6.48. The summed E-state index contributed by atoms with van der Waals surface area (Å²) in [6.45, 7) is 1.80. The number of hydroxylamine groups is 1. The Kier molecular flexibility index (Phi) is 5.04. The van der Waals surface area contributed by atoms with E-state index in [0.717, 1.165) is 36.9 Å². The first-order valence-electron chi connectivity index (χ1n) is 8.41. The van der Waals surface area contributed by atoms with Crippen LogP contribution in [0.25, 0.3) is 5.70 Å². The third-order valence-electron chi connectivity index (χ3n) is 4.98. The maximum absolute atomic E-state index is 14.0. The Morgan fingerprint density at radius 3 is 2.11 bits per heavy atom. The number of hydrogen-bond donors (Lipinski definition) is 2. The van der Waals surface area contributed by atoms with Crippen LogP contribution in [-0.2, 0) is 10.4 Å². The third kappa shape index (κ3) is 3.27. The molecule has 0 bridgehead atoms. The first-order valence-corrected chi connectivity index (χ1v) is 9.54. The van der Waals surface area contributed by atoms with Crippen molar-refractivity contribution >= 4 is 40.5 Å². The Morgan fingerprint density at radius 2 is 1.61 bits per heavy atom. The highest BCUT2D eigenvalue weighted by Gasteiger charge is 2.59. The molecule has 1 atom stereocenters. The highest BCUT2D eigenvalue weighted by atomic mass is 35.5. The Hall–Kier alpha value is -1.44. The Labute approximate surface area is 174 Å². The second-order valence-electron chi connectivity index (χ2n) is 6.73. The van der Waals surface area contributed by atoms with Crippen molar-refractivity contribution in [3.05, 3.63) is 74.2 Å². The van der Waals surface area contributed by atoms with Crippen molar-refractivity contribution in [2.75, 3.05) is 13.1 Å². The quantitative estimate of drug-likeness (QED) is 0.593. The molecule has 1 fully saturated rings. The average Bonchev–Trinajstić information content (AvgIpc) is 3.05. The van der Waals surface area contributed by atoms with Gasteiger partial charge in [-0.2, -0.15) is 13.2 Å². The molecular formula is C19H14Cl3F3N2O. The molecule has 0 aromatic heterocycles. The van der Waals surface area contributed by atoms with Crippen LogP contribution in [0.2, 0.25) is 15.1 Å². The lowest BCUT2D eigenvalue weighted by molar-refractivity contribution is -0.269. The van der Waals surface area contributed by atoms with Gasteiger partial charge < -0.3 is 5.32 Å². The van der Waals surface area contributed by atoms with Gasteiger partial charge >= 0.3 is 6.18 Å². The summed E-state index contributed by atoms with van der Waals surface area (Å²) in [7, 11) is 0. The van der Waals surface area contributed by atoms with E-state index in [1.165, 1.54) is 0 Å². The van der Waals surface area contributed by atoms with E-state index in [1.807, 2.05) is 12.1 Å². The number of hydrogen-bond acceptors (Lipinski definition) is 3. The van der Waals surface area contributed by atoms with E-state index >= 15 is 0 Å². The molecule has 2 aromatic rings. The Bertz CT molecular complexity index is 919. The molecule has 0 amide bonds. The summed E-state index contributed by atoms with van der Waals surface area (Å²) in [6.07, 6.45) is -3.78. The van der Waals surface area contributed by atoms with Gasteiger partial charge in [-0.1, -0.05) is 59.1 Å². The van der Waals surface area contributed by atoms with Crippen LogP contribution in [0, 0.1) is 0 Å². The minimum Gasteiger partial charge on any atom is -0.315 e. The Balaban J connectivity index is 1.74. The van der Waals surface area contributed by atoms with Crippen LogP contribution in [0.15, 0.2) is 42.5 Å². The van der Waals surface area contributed by atoms with Gasteiger partial charge in [0.2, 0.25) is 5.60 Å². The molecule has 3 nitrogen and oxygen atoms in total. The maximum atomic E-state index is 14.0. The van der Waals surface area contributed by atoms with E-state index in [2.05, 4.69) is 10.8 Å². The van der Waals surface area contributed by atoms with E-state index in [9.17, 15) is 13.2 Å². The molecule has 28 heavy (non-hydrogen) atoms. The zero-order chi connectivity index (χ0) is 20.1. The summed E-state index contributed by atoms with van der Waals surface area (Å²) in [5.74, 6) is 0.434. The minimum atomic E-state index is -4.76. The van der Waals surface area contributed by atoms with Crippen molar-refractivity contribution in [3.8, 4) is 0 Å². The topological polar surface area (TPSA) is 33.3 Å². The molecule has 1 saturated heterocycles. The summed E-state index contributed by atoms with van der Waals surface area (Å²) in [5, 5.41) is 3.00. The molecule has 0 spiro atoms. The molecule has 0 aliphatic carbocycles. The van der Waals surface area contributed by atoms with Gasteiger partial charge in [0.25, 0.3) is 0 Å². The molecular weight excluding hydrogens is 436 g/mol. The average molecular weight is 450 g/mol. The number of alkyl halides is 3. The van der Waals surface area contributed by atoms with Gasteiger partial charge in [-0.15, -0.1) is 0 Å². The fourth-order valence-corrected chi connectivity index (χ4v) is 3.81. The lowest BCUT2D eigenvalue weighted by atomic mass is 9.90. The van der Waals surface area contributed by atoms with Crippen molar-refractivity contribution in [3.63, 3.8) is 0 Å². The van der Waals surface area contributed by atoms with Crippen LogP contribution < -0.4 is 10.8 Å². The van der Waals surface area contributed by atoms with Crippen molar-refractivity contribution in [1.82, 2.24) is 10.8 Å². The van der Waals surface area contributed by atoms with Crippen LogP contribution in [0.4, 0.5) is 13.2 Å². The second kappa shape index (κ2) is 7.11. The summed E-state index contributed by atoms with van der Waals surface area (Å²) in [5.41, 5.74) is 1.33. The third-order valence-corrected chi connectivity index (χ3v) is 6.17. The summed E-state index contributed by atoms with van der Waals surface area (Å²) in [6, 6.07) is 9.57. The Morgan fingerprint density at radius 1 is 1.00 bits per heavy atom. The van der Waals surface area contributed by atoms with Crippen LogP contribution in [0.5, 0.6) is 0 Å². The van der Waals surface area contributed by atoms with Crippen molar-refractivity contribution in [2.24, 2.45) is 0 Å². The van der Waals surface area contributed by atoms with Gasteiger partial charge in [-0.05, 0) is 29.3 Å². The number of nitrogens with one attached hydrogen (secondary N) is 2. The largest absolute Gasteiger partial charge is 0.428 e. The van der Waals surface area contributed by atoms with Crippen molar-refractivity contribution in [2.45, 2.75) is 17.7 Å². The normalized spacial score (nSPS) is 22.6. The predicted octanol–water partition coefficient (Wildman–Crippen LogP) is 5.67. The fourth-order valence-electron chi connectivity index (χ4n) is 3.21. The van der Waals surface area contributed by atoms with Gasteiger partial charge in [-0.25, -0.2) is 0 Å². The van der Waals surface area contributed by atoms with E-state index < -0.39 is 11.8 Å². The molecule has 0 saturated carbocycles. The lowest BCUT2D eigenvalue weighted by Gasteiger charge is -2.29. The standard InChI is InChI=1S/C19H14Cl3F3N2O/c20-14-5-13(6-15(21)17(14)22)18(19(23,24)25)7-16(27-28-18)11-3-1-10(2-4-11)12-8-26-9-12/h1-7,12,26-27H,8-9H2. The first-order chi connectivity index (χ1) is 13.2. The summed E-state index contributed by atoms with van der Waals surface area (Å²) >= 11 is 17.8. The molecule has 2 heterocycles. The molecule has 148 valence electrons. The van der Waals surface area contributed by atoms with Crippen LogP contribution >= 0.6 is 34.8 Å². The zero-order valence-corrected chi connectivity index (χ0v) is 16.5. The van der Waals surface area contributed by atoms with E-state index in [4.69, 9.17) is 39.6 Å². The predicted molar refractivity (Wildman–Crippen MR) is 103 cm³/mol. The second-order valence-corrected chi connectivity index (χ2v) is 7.92. The summed E-state index contributed by atoms with van der Waals surface area (Å²) < 4.78 is 42.1. The van der Waals surface area contributed by atoms with E-state index in [0.29, 0.717) is 11.5 Å². The van der Waals surface area contributed by atoms with Gasteiger partial charge in [0.05, 0.1) is 20.8 Å². The molecule has 4 rings (SSSR count). The van der Waals surface area contributed by atoms with E-state index in [1.54, 1.807) is 12.1 Å². The van der Waals surface area contributed by atoms with Crippen LogP contribution in [0.1, 0.15) is 22.6 Å². The molecule has 0 radical (unpaired) electrons. The first kappa shape index (κ1) is 19.9. The highest BCUT2D eigenvalue weighted by Crippen LogP contribution is 2.49. The number of halogens is 6. The lowest BCUT2D eigenvalue weighted by Crippen LogP contribution is -2.42. The number of benzene rings is 2. The zero-order valence-electron chi connectivity index (χ0n) is 14.2. The van der Waals surface area contributed by atoms with Crippen molar-refractivity contribution < 1.29 is 18.0 Å². The molecule has 9 heteroatoms. The van der Waals surface area contributed by atoms with E-state index in [-0.39, 0.29) is 26.3 Å². The molecule has 1 unspecified atom stereocenters. The van der Waals surface area contributed by atoms with Gasteiger partial charge in [-0.3, -0.25) is 10.3 Å². The number of rotatable bonds is 3. The fraction of sp³-hybridized carbons (Fsp3) is 0.263. The molecule has 2 aromatic carbocycles. The summed E-state index contributed by atoms with van der Waals surface area (Å²) in [4.78, 5) is 5.08. The maximum Gasteiger partial charge on any atom is 0.428 e. The molecule has 2 aliphatic heterocycles. The minimum absolute atomic E-state index is 0.0133. The van der Waals surface area contributed by atoms with Gasteiger partial charge in [0.15, 0.2) is 0 Å². The SMILES string of the molecule is FC(F)(F)C1(c2cc(Cl)c(Cl)c(Cl)c2)C=C(c2ccc(C3CNC3)cc2)NO1. The monoisotopic (exact) mass is 448 g/mol. The molecule has 2 N–H and O–H groups in total. The smallest absolute Gasteiger partial charge is 0.315 e. The molecule has 2 aliphatic rings. The van der Waals surface area contributed by atoms with Crippen LogP contribution in [0.3, 0.4) is 0 Å². The van der Waals surface area contributed by atoms with Crippen molar-refractivity contribution in [1.29, 1.82) is 0 Å².